The van der Waals surface area contributed by atoms with Gasteiger partial charge < -0.3 is 9.88 Å². The number of nitrogens with zero attached hydrogens (tertiary/aromatic N) is 1. The molecule has 0 radical (unpaired) electrons. The maximum absolute atomic E-state index is 12.1. The summed E-state index contributed by atoms with van der Waals surface area (Å²) in [4.78, 5) is 12.1. The molecule has 1 rings (SSSR count). The Balaban J connectivity index is 3.11. The van der Waals surface area contributed by atoms with Crippen LogP contribution in [0, 0.1) is 0 Å². The van der Waals surface area contributed by atoms with Crippen molar-refractivity contribution in [2.75, 3.05) is 0 Å². The zero-order valence-electron chi connectivity index (χ0n) is 11.5. The summed E-state index contributed by atoms with van der Waals surface area (Å²) in [6.07, 6.45) is 3.01. The number of nitrogens with two attached hydrogens (primary N) is 1. The van der Waals surface area contributed by atoms with Crippen LogP contribution in [0.4, 0.5) is 0 Å². The minimum absolute atomic E-state index is 0.0322. The molecule has 0 aromatic carbocycles. The Morgan fingerprint density at radius 3 is 2.58 bits per heavy atom. The molecule has 0 aliphatic rings. The molecule has 3 N–H and O–H groups in total. The smallest absolute Gasteiger partial charge is 0.268 e. The Hall–Kier alpha value is -1.34. The van der Waals surface area contributed by atoms with Gasteiger partial charge in [0.05, 0.1) is 0 Å². The van der Waals surface area contributed by atoms with Crippen LogP contribution in [-0.2, 0) is 16.6 Å². The zero-order valence-corrected chi connectivity index (χ0v) is 12.3. The van der Waals surface area contributed by atoms with E-state index in [0.717, 1.165) is 12.8 Å². The topological polar surface area (TPSA) is 94.2 Å². The van der Waals surface area contributed by atoms with Crippen molar-refractivity contribution >= 4 is 15.9 Å². The van der Waals surface area contributed by atoms with Crippen LogP contribution >= 0.6 is 0 Å². The van der Waals surface area contributed by atoms with Crippen molar-refractivity contribution in [3.8, 4) is 0 Å². The Labute approximate surface area is 114 Å². The van der Waals surface area contributed by atoms with E-state index in [0.29, 0.717) is 12.2 Å². The highest BCUT2D eigenvalue weighted by molar-refractivity contribution is 7.89. The first-order valence-corrected chi connectivity index (χ1v) is 7.88. The summed E-state index contributed by atoms with van der Waals surface area (Å²) >= 11 is 0. The molecule has 108 valence electrons. The van der Waals surface area contributed by atoms with E-state index in [4.69, 9.17) is 5.14 Å². The summed E-state index contributed by atoms with van der Waals surface area (Å²) < 4.78 is 24.3. The number of carbonyl (C=O) groups excluding carboxylic acids is 1. The number of aromatic nitrogens is 1. The first-order valence-electron chi connectivity index (χ1n) is 6.33. The zero-order chi connectivity index (χ0) is 14.6. The van der Waals surface area contributed by atoms with Gasteiger partial charge in [-0.15, -0.1) is 0 Å². The SMILES string of the molecule is CCCn1cc(S(N)(=O)=O)cc1C(=O)NC(C)CC. The van der Waals surface area contributed by atoms with Crippen molar-refractivity contribution in [3.63, 3.8) is 0 Å². The van der Waals surface area contributed by atoms with E-state index in [1.807, 2.05) is 20.8 Å². The van der Waals surface area contributed by atoms with Crippen LogP contribution in [0.3, 0.4) is 0 Å². The van der Waals surface area contributed by atoms with E-state index in [1.165, 1.54) is 12.3 Å². The lowest BCUT2D eigenvalue weighted by Crippen LogP contribution is -2.33. The number of nitrogens with one attached hydrogen (secondary N) is 1. The Kier molecular flexibility index (Phi) is 5.13. The van der Waals surface area contributed by atoms with E-state index >= 15 is 0 Å². The fourth-order valence-corrected chi connectivity index (χ4v) is 2.21. The molecule has 19 heavy (non-hydrogen) atoms. The molecule has 0 aliphatic carbocycles. The van der Waals surface area contributed by atoms with Crippen LogP contribution in [0.5, 0.6) is 0 Å². The van der Waals surface area contributed by atoms with Gasteiger partial charge in [-0.1, -0.05) is 13.8 Å². The summed E-state index contributed by atoms with van der Waals surface area (Å²) in [5, 5.41) is 7.90. The Morgan fingerprint density at radius 2 is 2.11 bits per heavy atom. The van der Waals surface area contributed by atoms with Crippen molar-refractivity contribution in [1.82, 2.24) is 9.88 Å². The molecular formula is C12H21N3O3S. The van der Waals surface area contributed by atoms with E-state index in [-0.39, 0.29) is 16.8 Å². The normalized spacial score (nSPS) is 13.3. The Bertz CT molecular complexity index is 549. The fourth-order valence-electron chi connectivity index (χ4n) is 1.66. The van der Waals surface area contributed by atoms with E-state index < -0.39 is 10.0 Å². The summed E-state index contributed by atoms with van der Waals surface area (Å²) in [5.41, 5.74) is 0.325. The summed E-state index contributed by atoms with van der Waals surface area (Å²) in [7, 11) is -3.79. The van der Waals surface area contributed by atoms with Gasteiger partial charge in [-0.3, -0.25) is 4.79 Å². The number of amides is 1. The number of carbonyl (C=O) groups is 1. The molecule has 0 spiro atoms. The van der Waals surface area contributed by atoms with Gasteiger partial charge in [0.25, 0.3) is 5.91 Å². The highest BCUT2D eigenvalue weighted by Gasteiger charge is 2.19. The van der Waals surface area contributed by atoms with Crippen LogP contribution in [0.25, 0.3) is 0 Å². The van der Waals surface area contributed by atoms with Gasteiger partial charge in [0, 0.05) is 18.8 Å². The molecule has 1 heterocycles. The van der Waals surface area contributed by atoms with Crippen LogP contribution in [0.2, 0.25) is 0 Å². The van der Waals surface area contributed by atoms with Gasteiger partial charge in [0.2, 0.25) is 10.0 Å². The number of hydrogen-bond donors (Lipinski definition) is 2. The molecule has 0 fully saturated rings. The number of sulfonamides is 1. The van der Waals surface area contributed by atoms with Crippen LogP contribution < -0.4 is 10.5 Å². The molecule has 6 nitrogen and oxygen atoms in total. The van der Waals surface area contributed by atoms with Crippen molar-refractivity contribution < 1.29 is 13.2 Å². The van der Waals surface area contributed by atoms with Gasteiger partial charge in [0.15, 0.2) is 0 Å². The minimum atomic E-state index is -3.79. The second-order valence-corrected chi connectivity index (χ2v) is 6.14. The minimum Gasteiger partial charge on any atom is -0.348 e. The molecule has 0 saturated heterocycles. The van der Waals surface area contributed by atoms with Gasteiger partial charge in [-0.2, -0.15) is 0 Å². The van der Waals surface area contributed by atoms with Gasteiger partial charge >= 0.3 is 0 Å². The maximum Gasteiger partial charge on any atom is 0.268 e. The monoisotopic (exact) mass is 287 g/mol. The molecule has 1 unspecified atom stereocenters. The summed E-state index contributed by atoms with van der Waals surface area (Å²) in [5.74, 6) is -0.280. The molecule has 0 saturated carbocycles. The third-order valence-corrected chi connectivity index (χ3v) is 3.77. The molecule has 1 atom stereocenters. The van der Waals surface area contributed by atoms with E-state index in [2.05, 4.69) is 5.32 Å². The second kappa shape index (κ2) is 6.21. The molecule has 0 bridgehead atoms. The highest BCUT2D eigenvalue weighted by atomic mass is 32.2. The predicted molar refractivity (Wildman–Crippen MR) is 73.3 cm³/mol. The van der Waals surface area contributed by atoms with Crippen LogP contribution in [0.1, 0.15) is 44.1 Å². The second-order valence-electron chi connectivity index (χ2n) is 4.58. The lowest BCUT2D eigenvalue weighted by molar-refractivity contribution is 0.0929. The standard InChI is InChI=1S/C12H21N3O3S/c1-4-6-15-8-10(19(13,17)18)7-11(15)12(16)14-9(3)5-2/h7-9H,4-6H2,1-3H3,(H,14,16)(H2,13,17,18). The first-order chi connectivity index (χ1) is 8.79. The largest absolute Gasteiger partial charge is 0.348 e. The fraction of sp³-hybridized carbons (Fsp3) is 0.583. The number of hydrogen-bond acceptors (Lipinski definition) is 3. The Morgan fingerprint density at radius 1 is 1.47 bits per heavy atom. The average Bonchev–Trinajstić information content (AvgIpc) is 2.73. The summed E-state index contributed by atoms with van der Waals surface area (Å²) in [6.45, 7) is 6.38. The van der Waals surface area contributed by atoms with Crippen molar-refractivity contribution in [2.24, 2.45) is 5.14 Å². The van der Waals surface area contributed by atoms with Gasteiger partial charge in [-0.05, 0) is 25.8 Å². The van der Waals surface area contributed by atoms with Gasteiger partial charge in [0.1, 0.15) is 10.6 Å². The summed E-state index contributed by atoms with van der Waals surface area (Å²) in [6, 6.07) is 1.36. The van der Waals surface area contributed by atoms with Crippen molar-refractivity contribution in [3.05, 3.63) is 18.0 Å². The lowest BCUT2D eigenvalue weighted by atomic mass is 10.2. The molecule has 1 aromatic heterocycles. The number of aryl methyl sites for hydroxylation is 1. The lowest BCUT2D eigenvalue weighted by Gasteiger charge is -2.12. The van der Waals surface area contributed by atoms with E-state index in [9.17, 15) is 13.2 Å². The molecular weight excluding hydrogens is 266 g/mol. The van der Waals surface area contributed by atoms with Crippen LogP contribution in [-0.4, -0.2) is 24.9 Å². The highest BCUT2D eigenvalue weighted by Crippen LogP contribution is 2.14. The maximum atomic E-state index is 12.1. The molecule has 1 amide bonds. The van der Waals surface area contributed by atoms with Gasteiger partial charge in [-0.25, -0.2) is 13.6 Å². The predicted octanol–water partition coefficient (Wildman–Crippen LogP) is 1.07. The third-order valence-electron chi connectivity index (χ3n) is 2.89. The first kappa shape index (κ1) is 15.7. The molecule has 7 heteroatoms. The van der Waals surface area contributed by atoms with E-state index in [1.54, 1.807) is 4.57 Å². The molecule has 0 aliphatic heterocycles. The van der Waals surface area contributed by atoms with Crippen molar-refractivity contribution in [1.29, 1.82) is 0 Å². The average molecular weight is 287 g/mol. The number of rotatable bonds is 6. The quantitative estimate of drug-likeness (QED) is 0.819. The van der Waals surface area contributed by atoms with Crippen LogP contribution in [0.15, 0.2) is 17.2 Å². The third kappa shape index (κ3) is 4.07. The molecule has 1 aromatic rings. The number of primary sulfonamides is 1. The van der Waals surface area contributed by atoms with Crippen molar-refractivity contribution in [2.45, 2.75) is 51.1 Å².